The second-order valence-corrected chi connectivity index (χ2v) is 4.36. The lowest BCUT2D eigenvalue weighted by atomic mass is 10.1. The maximum atomic E-state index is 6.06. The topological polar surface area (TPSA) is 57.4 Å². The Kier molecular flexibility index (Phi) is 4.12. The molecular formula is C14H15ClN2O2. The van der Waals surface area contributed by atoms with Crippen LogP contribution in [0.3, 0.4) is 0 Å². The molecule has 1 aromatic carbocycles. The van der Waals surface area contributed by atoms with Crippen LogP contribution in [0.15, 0.2) is 30.3 Å². The molecule has 1 heterocycles. The molecule has 0 spiro atoms. The molecule has 0 aliphatic carbocycles. The molecule has 100 valence electrons. The first kappa shape index (κ1) is 13.5. The van der Waals surface area contributed by atoms with Crippen molar-refractivity contribution in [3.8, 4) is 17.5 Å². The van der Waals surface area contributed by atoms with E-state index in [1.54, 1.807) is 31.4 Å². The fourth-order valence-corrected chi connectivity index (χ4v) is 1.88. The van der Waals surface area contributed by atoms with E-state index in [4.69, 9.17) is 26.8 Å². The molecule has 2 aromatic rings. The molecule has 19 heavy (non-hydrogen) atoms. The second kappa shape index (κ2) is 5.80. The molecule has 0 saturated carbocycles. The molecule has 0 radical (unpaired) electrons. The van der Waals surface area contributed by atoms with Crippen LogP contribution in [0.4, 0.5) is 5.69 Å². The Morgan fingerprint density at radius 3 is 2.74 bits per heavy atom. The summed E-state index contributed by atoms with van der Waals surface area (Å²) in [6, 6.07) is 8.83. The number of aromatic nitrogens is 1. The highest BCUT2D eigenvalue weighted by atomic mass is 35.5. The predicted molar refractivity (Wildman–Crippen MR) is 76.1 cm³/mol. The molecule has 0 aliphatic rings. The van der Waals surface area contributed by atoms with E-state index >= 15 is 0 Å². The molecular weight excluding hydrogens is 264 g/mol. The number of pyridine rings is 1. The molecule has 4 nitrogen and oxygen atoms in total. The molecule has 1 aromatic heterocycles. The molecule has 0 aliphatic heterocycles. The molecule has 2 N–H and O–H groups in total. The van der Waals surface area contributed by atoms with Crippen molar-refractivity contribution in [3.63, 3.8) is 0 Å². The maximum Gasteiger partial charge on any atom is 0.246 e. The number of nitrogens with two attached hydrogens (primary N) is 1. The lowest BCUT2D eigenvalue weighted by molar-refractivity contribution is 0.384. The van der Waals surface area contributed by atoms with Gasteiger partial charge < -0.3 is 15.2 Å². The van der Waals surface area contributed by atoms with Crippen LogP contribution >= 0.6 is 11.6 Å². The summed E-state index contributed by atoms with van der Waals surface area (Å²) in [5.41, 5.74) is 7.29. The minimum atomic E-state index is 0.323. The number of methoxy groups -OCH3 is 1. The van der Waals surface area contributed by atoms with Crippen LogP contribution in [0.25, 0.3) is 0 Å². The smallest absolute Gasteiger partial charge is 0.246 e. The Morgan fingerprint density at radius 1 is 1.26 bits per heavy atom. The number of benzene rings is 1. The third-order valence-electron chi connectivity index (χ3n) is 2.69. The third kappa shape index (κ3) is 3.09. The highest BCUT2D eigenvalue weighted by Crippen LogP contribution is 2.30. The van der Waals surface area contributed by atoms with Gasteiger partial charge in [0.1, 0.15) is 5.75 Å². The van der Waals surface area contributed by atoms with Gasteiger partial charge in [0.2, 0.25) is 11.8 Å². The fraction of sp³-hybridized carbons (Fsp3) is 0.214. The van der Waals surface area contributed by atoms with Crippen molar-refractivity contribution < 1.29 is 9.47 Å². The molecule has 5 heteroatoms. The van der Waals surface area contributed by atoms with E-state index in [1.165, 1.54) is 0 Å². The summed E-state index contributed by atoms with van der Waals surface area (Å²) in [7, 11) is 1.54. The van der Waals surface area contributed by atoms with Crippen molar-refractivity contribution in [1.29, 1.82) is 0 Å². The van der Waals surface area contributed by atoms with Gasteiger partial charge in [-0.2, -0.15) is 4.98 Å². The molecule has 2 rings (SSSR count). The van der Waals surface area contributed by atoms with Gasteiger partial charge in [-0.3, -0.25) is 0 Å². The van der Waals surface area contributed by atoms with Gasteiger partial charge in [-0.15, -0.1) is 0 Å². The molecule has 0 unspecified atom stereocenters. The lowest BCUT2D eigenvalue weighted by Gasteiger charge is -2.10. The third-order valence-corrected chi connectivity index (χ3v) is 3.05. The summed E-state index contributed by atoms with van der Waals surface area (Å²) in [5.74, 6) is 1.42. The second-order valence-electron chi connectivity index (χ2n) is 3.96. The highest BCUT2D eigenvalue weighted by molar-refractivity contribution is 6.31. The van der Waals surface area contributed by atoms with Gasteiger partial charge in [-0.1, -0.05) is 18.5 Å². The summed E-state index contributed by atoms with van der Waals surface area (Å²) in [4.78, 5) is 4.16. The van der Waals surface area contributed by atoms with E-state index in [-0.39, 0.29) is 0 Å². The first-order valence-electron chi connectivity index (χ1n) is 5.90. The number of aryl methyl sites for hydroxylation is 1. The first-order chi connectivity index (χ1) is 9.13. The summed E-state index contributed by atoms with van der Waals surface area (Å²) >= 11 is 6.06. The van der Waals surface area contributed by atoms with Gasteiger partial charge in [0.25, 0.3) is 0 Å². The Balaban J connectivity index is 2.30. The van der Waals surface area contributed by atoms with Crippen molar-refractivity contribution in [2.45, 2.75) is 13.3 Å². The fourth-order valence-electron chi connectivity index (χ4n) is 1.63. The van der Waals surface area contributed by atoms with Crippen molar-refractivity contribution >= 4 is 17.3 Å². The van der Waals surface area contributed by atoms with Crippen LogP contribution in [0.5, 0.6) is 17.5 Å². The SMILES string of the molecule is CCc1cc(Oc2nc(OC)ccc2N)ccc1Cl. The summed E-state index contributed by atoms with van der Waals surface area (Å²) < 4.78 is 10.7. The average Bonchev–Trinajstić information content (AvgIpc) is 2.43. The predicted octanol–water partition coefficient (Wildman–Crippen LogP) is 3.68. The summed E-state index contributed by atoms with van der Waals surface area (Å²) in [5, 5.41) is 0.724. The quantitative estimate of drug-likeness (QED) is 0.927. The van der Waals surface area contributed by atoms with Crippen LogP contribution in [0.2, 0.25) is 5.02 Å². The van der Waals surface area contributed by atoms with Crippen molar-refractivity contribution in [3.05, 3.63) is 40.9 Å². The number of ether oxygens (including phenoxy) is 2. The molecule has 0 bridgehead atoms. The maximum absolute atomic E-state index is 6.06. The largest absolute Gasteiger partial charge is 0.481 e. The van der Waals surface area contributed by atoms with Crippen molar-refractivity contribution in [2.75, 3.05) is 12.8 Å². The number of anilines is 1. The Hall–Kier alpha value is -1.94. The van der Waals surface area contributed by atoms with Gasteiger partial charge in [0.15, 0.2) is 0 Å². The van der Waals surface area contributed by atoms with E-state index in [0.717, 1.165) is 17.0 Å². The molecule has 0 amide bonds. The van der Waals surface area contributed by atoms with Crippen LogP contribution in [-0.4, -0.2) is 12.1 Å². The van der Waals surface area contributed by atoms with Crippen LogP contribution < -0.4 is 15.2 Å². The van der Waals surface area contributed by atoms with Gasteiger partial charge in [0.05, 0.1) is 12.8 Å². The molecule has 0 saturated heterocycles. The summed E-state index contributed by atoms with van der Waals surface area (Å²) in [6.45, 7) is 2.03. The zero-order chi connectivity index (χ0) is 13.8. The number of nitrogen functional groups attached to an aromatic ring is 1. The summed E-state index contributed by atoms with van der Waals surface area (Å²) in [6.07, 6.45) is 0.830. The van der Waals surface area contributed by atoms with Gasteiger partial charge >= 0.3 is 0 Å². The lowest BCUT2D eigenvalue weighted by Crippen LogP contribution is -1.97. The number of rotatable bonds is 4. The van der Waals surface area contributed by atoms with Gasteiger partial charge in [-0.05, 0) is 36.2 Å². The minimum Gasteiger partial charge on any atom is -0.481 e. The minimum absolute atomic E-state index is 0.323. The van der Waals surface area contributed by atoms with Crippen LogP contribution in [-0.2, 0) is 6.42 Å². The van der Waals surface area contributed by atoms with Gasteiger partial charge in [0, 0.05) is 11.1 Å². The van der Waals surface area contributed by atoms with E-state index in [0.29, 0.717) is 23.2 Å². The van der Waals surface area contributed by atoms with E-state index in [9.17, 15) is 0 Å². The van der Waals surface area contributed by atoms with Crippen molar-refractivity contribution in [2.24, 2.45) is 0 Å². The Labute approximate surface area is 117 Å². The van der Waals surface area contributed by atoms with E-state index in [1.807, 2.05) is 13.0 Å². The van der Waals surface area contributed by atoms with Crippen molar-refractivity contribution in [1.82, 2.24) is 4.98 Å². The Bertz CT molecular complexity index is 588. The monoisotopic (exact) mass is 278 g/mol. The zero-order valence-electron chi connectivity index (χ0n) is 10.8. The molecule has 0 atom stereocenters. The highest BCUT2D eigenvalue weighted by Gasteiger charge is 2.08. The average molecular weight is 279 g/mol. The zero-order valence-corrected chi connectivity index (χ0v) is 11.6. The number of halogens is 1. The van der Waals surface area contributed by atoms with Gasteiger partial charge in [-0.25, -0.2) is 0 Å². The van der Waals surface area contributed by atoms with E-state index < -0.39 is 0 Å². The number of hydrogen-bond donors (Lipinski definition) is 1. The Morgan fingerprint density at radius 2 is 2.05 bits per heavy atom. The number of hydrogen-bond acceptors (Lipinski definition) is 4. The van der Waals surface area contributed by atoms with E-state index in [2.05, 4.69) is 4.98 Å². The number of nitrogens with zero attached hydrogens (tertiary/aromatic N) is 1. The first-order valence-corrected chi connectivity index (χ1v) is 6.28. The van der Waals surface area contributed by atoms with Crippen LogP contribution in [0, 0.1) is 0 Å². The molecule has 0 fully saturated rings. The standard InChI is InChI=1S/C14H15ClN2O2/c1-3-9-8-10(4-5-11(9)15)19-14-12(16)6-7-13(17-14)18-2/h4-8H,3,16H2,1-2H3. The van der Waals surface area contributed by atoms with Crippen LogP contribution in [0.1, 0.15) is 12.5 Å². The normalized spacial score (nSPS) is 10.3.